The van der Waals surface area contributed by atoms with Gasteiger partial charge in [0.05, 0.1) is 6.04 Å². The molecule has 0 saturated carbocycles. The van der Waals surface area contributed by atoms with Gasteiger partial charge in [0.2, 0.25) is 0 Å². The van der Waals surface area contributed by atoms with Gasteiger partial charge in [-0.05, 0) is 73.2 Å². The molecule has 1 aliphatic heterocycles. The van der Waals surface area contributed by atoms with Gasteiger partial charge in [-0.1, -0.05) is 49.4 Å². The number of anilines is 1. The zero-order chi connectivity index (χ0) is 21.8. The van der Waals surface area contributed by atoms with Crippen molar-refractivity contribution in [3.05, 3.63) is 72.3 Å². The van der Waals surface area contributed by atoms with Crippen LogP contribution in [-0.2, 0) is 4.79 Å². The average molecular weight is 417 g/mol. The van der Waals surface area contributed by atoms with Gasteiger partial charge in [0.25, 0.3) is 5.91 Å². The van der Waals surface area contributed by atoms with E-state index in [1.165, 1.54) is 18.5 Å². The molecule has 1 heterocycles. The van der Waals surface area contributed by atoms with Gasteiger partial charge < -0.3 is 15.0 Å². The molecule has 0 aliphatic carbocycles. The average Bonchev–Trinajstić information content (AvgIpc) is 2.79. The van der Waals surface area contributed by atoms with Crippen molar-refractivity contribution in [2.75, 3.05) is 18.0 Å². The number of piperidine rings is 1. The third-order valence-electron chi connectivity index (χ3n) is 6.30. The topological polar surface area (TPSA) is 41.6 Å². The van der Waals surface area contributed by atoms with E-state index < -0.39 is 6.10 Å². The monoisotopic (exact) mass is 416 g/mol. The van der Waals surface area contributed by atoms with Crippen LogP contribution in [-0.4, -0.2) is 25.1 Å². The first-order valence-corrected chi connectivity index (χ1v) is 11.3. The standard InChI is InChI=1S/C27H32N2O2/c1-19-14-16-29(17-15-19)25-11-8-22(9-12-25)20(2)28-27(30)21(3)31-26-13-10-23-6-4-5-7-24(23)18-26/h4-13,18-21H,14-17H2,1-3H3,(H,28,30)/t20-,21+/m0/s1. The molecule has 3 aromatic carbocycles. The Kier molecular flexibility index (Phi) is 6.45. The summed E-state index contributed by atoms with van der Waals surface area (Å²) < 4.78 is 5.91. The Morgan fingerprint density at radius 3 is 2.35 bits per heavy atom. The highest BCUT2D eigenvalue weighted by Crippen LogP contribution is 2.25. The molecule has 1 N–H and O–H groups in total. The summed E-state index contributed by atoms with van der Waals surface area (Å²) >= 11 is 0. The van der Waals surface area contributed by atoms with Crippen molar-refractivity contribution in [3.8, 4) is 5.75 Å². The number of carbonyl (C=O) groups is 1. The molecule has 0 unspecified atom stereocenters. The van der Waals surface area contributed by atoms with Gasteiger partial charge in [0.15, 0.2) is 6.10 Å². The van der Waals surface area contributed by atoms with Gasteiger partial charge >= 0.3 is 0 Å². The van der Waals surface area contributed by atoms with Crippen molar-refractivity contribution in [1.29, 1.82) is 0 Å². The number of rotatable bonds is 6. The highest BCUT2D eigenvalue weighted by Gasteiger charge is 2.19. The van der Waals surface area contributed by atoms with Crippen molar-refractivity contribution in [1.82, 2.24) is 5.32 Å². The number of carbonyl (C=O) groups excluding carboxylic acids is 1. The summed E-state index contributed by atoms with van der Waals surface area (Å²) in [5, 5.41) is 5.34. The molecule has 162 valence electrons. The smallest absolute Gasteiger partial charge is 0.261 e. The van der Waals surface area contributed by atoms with Crippen LogP contribution >= 0.6 is 0 Å². The fourth-order valence-electron chi connectivity index (χ4n) is 4.15. The molecule has 0 bridgehead atoms. The van der Waals surface area contributed by atoms with E-state index in [1.807, 2.05) is 43.3 Å². The lowest BCUT2D eigenvalue weighted by molar-refractivity contribution is -0.127. The number of fused-ring (bicyclic) bond motifs is 1. The summed E-state index contributed by atoms with van der Waals surface area (Å²) in [5.41, 5.74) is 2.36. The highest BCUT2D eigenvalue weighted by atomic mass is 16.5. The second-order valence-corrected chi connectivity index (χ2v) is 8.76. The van der Waals surface area contributed by atoms with Gasteiger partial charge in [0.1, 0.15) is 5.75 Å². The van der Waals surface area contributed by atoms with Crippen LogP contribution in [0.4, 0.5) is 5.69 Å². The van der Waals surface area contributed by atoms with E-state index in [0.717, 1.165) is 35.3 Å². The molecule has 3 aromatic rings. The molecule has 1 fully saturated rings. The van der Waals surface area contributed by atoms with Gasteiger partial charge in [0, 0.05) is 18.8 Å². The summed E-state index contributed by atoms with van der Waals surface area (Å²) in [7, 11) is 0. The first-order valence-electron chi connectivity index (χ1n) is 11.3. The largest absolute Gasteiger partial charge is 0.481 e. The molecule has 1 amide bonds. The molecule has 0 aromatic heterocycles. The predicted octanol–water partition coefficient (Wildman–Crippen LogP) is 5.72. The van der Waals surface area contributed by atoms with Crippen LogP contribution in [0.15, 0.2) is 66.7 Å². The molecule has 0 spiro atoms. The number of hydrogen-bond acceptors (Lipinski definition) is 3. The minimum absolute atomic E-state index is 0.0782. The maximum absolute atomic E-state index is 12.7. The number of amides is 1. The van der Waals surface area contributed by atoms with E-state index in [9.17, 15) is 4.79 Å². The summed E-state index contributed by atoms with van der Waals surface area (Å²) in [6, 6.07) is 22.5. The third-order valence-corrected chi connectivity index (χ3v) is 6.30. The molecule has 0 radical (unpaired) electrons. The number of nitrogens with one attached hydrogen (secondary N) is 1. The minimum atomic E-state index is -0.571. The quantitative estimate of drug-likeness (QED) is 0.559. The zero-order valence-electron chi connectivity index (χ0n) is 18.7. The van der Waals surface area contributed by atoms with Crippen LogP contribution < -0.4 is 15.0 Å². The zero-order valence-corrected chi connectivity index (χ0v) is 18.7. The predicted molar refractivity (Wildman–Crippen MR) is 128 cm³/mol. The van der Waals surface area contributed by atoms with Crippen LogP contribution in [0.3, 0.4) is 0 Å². The molecular formula is C27H32N2O2. The maximum Gasteiger partial charge on any atom is 0.261 e. The van der Waals surface area contributed by atoms with Crippen LogP contribution in [0.5, 0.6) is 5.75 Å². The van der Waals surface area contributed by atoms with E-state index in [-0.39, 0.29) is 11.9 Å². The Labute approximate surface area is 185 Å². The molecule has 2 atom stereocenters. The fourth-order valence-corrected chi connectivity index (χ4v) is 4.15. The summed E-state index contributed by atoms with van der Waals surface area (Å²) in [6.07, 6.45) is 1.94. The lowest BCUT2D eigenvalue weighted by atomic mass is 9.98. The molecule has 1 aliphatic rings. The Balaban J connectivity index is 1.33. The maximum atomic E-state index is 12.7. The van der Waals surface area contributed by atoms with E-state index in [2.05, 4.69) is 47.5 Å². The van der Waals surface area contributed by atoms with Crippen LogP contribution in [0.25, 0.3) is 10.8 Å². The van der Waals surface area contributed by atoms with Crippen LogP contribution in [0, 0.1) is 5.92 Å². The van der Waals surface area contributed by atoms with Crippen molar-refractivity contribution < 1.29 is 9.53 Å². The lowest BCUT2D eigenvalue weighted by Crippen LogP contribution is -2.37. The number of benzene rings is 3. The number of hydrogen-bond donors (Lipinski definition) is 1. The molecule has 4 nitrogen and oxygen atoms in total. The van der Waals surface area contributed by atoms with Gasteiger partial charge in [-0.25, -0.2) is 0 Å². The summed E-state index contributed by atoms with van der Waals surface area (Å²) in [6.45, 7) is 8.37. The first-order chi connectivity index (χ1) is 15.0. The Morgan fingerprint density at radius 2 is 1.65 bits per heavy atom. The van der Waals surface area contributed by atoms with E-state index in [4.69, 9.17) is 4.74 Å². The van der Waals surface area contributed by atoms with Crippen LogP contribution in [0.1, 0.15) is 45.2 Å². The van der Waals surface area contributed by atoms with Gasteiger partial charge in [-0.2, -0.15) is 0 Å². The minimum Gasteiger partial charge on any atom is -0.481 e. The molecule has 4 rings (SSSR count). The molecule has 31 heavy (non-hydrogen) atoms. The first kappa shape index (κ1) is 21.2. The second-order valence-electron chi connectivity index (χ2n) is 8.76. The highest BCUT2D eigenvalue weighted by molar-refractivity contribution is 5.84. The SMILES string of the molecule is CC1CCN(c2ccc([C@H](C)NC(=O)[C@@H](C)Oc3ccc4ccccc4c3)cc2)CC1. The summed E-state index contributed by atoms with van der Waals surface area (Å²) in [4.78, 5) is 15.1. The Bertz CT molecular complexity index is 1020. The lowest BCUT2D eigenvalue weighted by Gasteiger charge is -2.32. The van der Waals surface area contributed by atoms with E-state index in [0.29, 0.717) is 5.75 Å². The molecule has 1 saturated heterocycles. The second kappa shape index (κ2) is 9.42. The summed E-state index contributed by atoms with van der Waals surface area (Å²) in [5.74, 6) is 1.41. The van der Waals surface area contributed by atoms with Gasteiger partial charge in [-0.3, -0.25) is 4.79 Å². The normalized spacial score (nSPS) is 16.7. The van der Waals surface area contributed by atoms with Gasteiger partial charge in [-0.15, -0.1) is 0 Å². The molecular weight excluding hydrogens is 384 g/mol. The Morgan fingerprint density at radius 1 is 0.968 bits per heavy atom. The van der Waals surface area contributed by atoms with Crippen LogP contribution in [0.2, 0.25) is 0 Å². The van der Waals surface area contributed by atoms with Crippen molar-refractivity contribution >= 4 is 22.4 Å². The fraction of sp³-hybridized carbons (Fsp3) is 0.370. The number of nitrogens with zero attached hydrogens (tertiary/aromatic N) is 1. The van der Waals surface area contributed by atoms with E-state index >= 15 is 0 Å². The Hall–Kier alpha value is -3.01. The van der Waals surface area contributed by atoms with Crippen molar-refractivity contribution in [3.63, 3.8) is 0 Å². The van der Waals surface area contributed by atoms with Crippen molar-refractivity contribution in [2.24, 2.45) is 5.92 Å². The molecule has 4 heteroatoms. The third kappa shape index (κ3) is 5.19. The number of ether oxygens (including phenoxy) is 1. The van der Waals surface area contributed by atoms with Crippen molar-refractivity contribution in [2.45, 2.75) is 45.8 Å². The van der Waals surface area contributed by atoms with E-state index in [1.54, 1.807) is 6.92 Å².